The molecule has 2 heterocycles. The van der Waals surface area contributed by atoms with E-state index >= 15 is 0 Å². The first-order chi connectivity index (χ1) is 14.3. The first kappa shape index (κ1) is 20.4. The molecule has 0 aliphatic carbocycles. The van der Waals surface area contributed by atoms with Crippen LogP contribution in [0.25, 0.3) is 22.1 Å². The molecule has 0 bridgehead atoms. The van der Waals surface area contributed by atoms with Crippen molar-refractivity contribution in [3.05, 3.63) is 64.0 Å². The SMILES string of the molecule is O=C(COc1cc2oc(=O)cc(-c3ccccc3)c2cc1Cl)N[C@H]1CCS(=O)(=O)C1. The number of ether oxygens (including phenoxy) is 1. The number of carbonyl (C=O) groups excluding carboxylic acids is 1. The van der Waals surface area contributed by atoms with Crippen molar-refractivity contribution < 1.29 is 22.4 Å². The Balaban J connectivity index is 1.55. The van der Waals surface area contributed by atoms with Crippen LogP contribution in [0.3, 0.4) is 0 Å². The average Bonchev–Trinajstić information content (AvgIpc) is 3.05. The highest BCUT2D eigenvalue weighted by Crippen LogP contribution is 2.34. The van der Waals surface area contributed by atoms with E-state index in [4.69, 9.17) is 20.8 Å². The summed E-state index contributed by atoms with van der Waals surface area (Å²) in [6.45, 7) is -0.343. The second-order valence-corrected chi connectivity index (χ2v) is 9.72. The lowest BCUT2D eigenvalue weighted by Crippen LogP contribution is -2.38. The topological polar surface area (TPSA) is 103 Å². The van der Waals surface area contributed by atoms with Gasteiger partial charge in [-0.15, -0.1) is 0 Å². The molecule has 1 aliphatic heterocycles. The molecular formula is C21H18ClNO6S. The summed E-state index contributed by atoms with van der Waals surface area (Å²) in [7, 11) is -3.09. The minimum atomic E-state index is -3.09. The number of hydrogen-bond donors (Lipinski definition) is 1. The van der Waals surface area contributed by atoms with E-state index in [0.29, 0.717) is 17.4 Å². The molecule has 0 radical (unpaired) electrons. The Kier molecular flexibility index (Phi) is 5.53. The number of carbonyl (C=O) groups is 1. The molecule has 7 nitrogen and oxygen atoms in total. The van der Waals surface area contributed by atoms with E-state index in [1.54, 1.807) is 6.07 Å². The first-order valence-corrected chi connectivity index (χ1v) is 11.5. The molecule has 0 saturated carbocycles. The Labute approximate surface area is 177 Å². The van der Waals surface area contributed by atoms with Crippen LogP contribution in [0.5, 0.6) is 5.75 Å². The highest BCUT2D eigenvalue weighted by atomic mass is 35.5. The predicted octanol–water partition coefficient (Wildman–Crippen LogP) is 2.80. The van der Waals surface area contributed by atoms with Crippen LogP contribution in [0, 0.1) is 0 Å². The van der Waals surface area contributed by atoms with Gasteiger partial charge in [-0.25, -0.2) is 13.2 Å². The molecule has 0 spiro atoms. The Morgan fingerprint density at radius 1 is 1.20 bits per heavy atom. The second kappa shape index (κ2) is 8.12. The Hall–Kier alpha value is -2.84. The monoisotopic (exact) mass is 447 g/mol. The molecule has 1 N–H and O–H groups in total. The fourth-order valence-corrected chi connectivity index (χ4v) is 5.34. The normalized spacial score (nSPS) is 17.7. The highest BCUT2D eigenvalue weighted by molar-refractivity contribution is 7.91. The second-order valence-electron chi connectivity index (χ2n) is 7.08. The van der Waals surface area contributed by atoms with Crippen LogP contribution in [0.15, 0.2) is 57.7 Å². The number of fused-ring (bicyclic) bond motifs is 1. The zero-order valence-electron chi connectivity index (χ0n) is 15.8. The minimum absolute atomic E-state index is 0.0666. The minimum Gasteiger partial charge on any atom is -0.482 e. The fraction of sp³-hybridized carbons (Fsp3) is 0.238. The van der Waals surface area contributed by atoms with Crippen LogP contribution < -0.4 is 15.7 Å². The Morgan fingerprint density at radius 2 is 1.97 bits per heavy atom. The molecule has 1 saturated heterocycles. The van der Waals surface area contributed by atoms with Gasteiger partial charge in [-0.2, -0.15) is 0 Å². The van der Waals surface area contributed by atoms with Crippen LogP contribution in [-0.2, 0) is 14.6 Å². The summed E-state index contributed by atoms with van der Waals surface area (Å²) in [6, 6.07) is 13.4. The molecule has 9 heteroatoms. The number of halogens is 1. The quantitative estimate of drug-likeness (QED) is 0.603. The van der Waals surface area contributed by atoms with Crippen molar-refractivity contribution in [1.82, 2.24) is 5.32 Å². The maximum atomic E-state index is 12.1. The van der Waals surface area contributed by atoms with Gasteiger partial charge in [-0.05, 0) is 23.6 Å². The molecule has 1 amide bonds. The summed E-state index contributed by atoms with van der Waals surface area (Å²) in [5.41, 5.74) is 1.28. The summed E-state index contributed by atoms with van der Waals surface area (Å²) in [6.07, 6.45) is 0.387. The van der Waals surface area contributed by atoms with Crippen LogP contribution in [0.2, 0.25) is 5.02 Å². The maximum Gasteiger partial charge on any atom is 0.336 e. The molecule has 30 heavy (non-hydrogen) atoms. The Bertz CT molecular complexity index is 1270. The zero-order chi connectivity index (χ0) is 21.3. The van der Waals surface area contributed by atoms with Gasteiger partial charge in [0.25, 0.3) is 5.91 Å². The van der Waals surface area contributed by atoms with Crippen molar-refractivity contribution >= 4 is 38.3 Å². The van der Waals surface area contributed by atoms with Gasteiger partial charge in [0, 0.05) is 23.6 Å². The molecule has 4 rings (SSSR count). The largest absolute Gasteiger partial charge is 0.482 e. The van der Waals surface area contributed by atoms with Crippen molar-refractivity contribution in [2.75, 3.05) is 18.1 Å². The molecular weight excluding hydrogens is 430 g/mol. The van der Waals surface area contributed by atoms with E-state index in [-0.39, 0.29) is 34.5 Å². The number of hydrogen-bond acceptors (Lipinski definition) is 6. The summed E-state index contributed by atoms with van der Waals surface area (Å²) >= 11 is 6.34. The van der Waals surface area contributed by atoms with Crippen molar-refractivity contribution in [2.45, 2.75) is 12.5 Å². The van der Waals surface area contributed by atoms with Gasteiger partial charge in [0.15, 0.2) is 16.4 Å². The Morgan fingerprint density at radius 3 is 2.67 bits per heavy atom. The number of rotatable bonds is 5. The van der Waals surface area contributed by atoms with E-state index in [2.05, 4.69) is 5.32 Å². The van der Waals surface area contributed by atoms with Gasteiger partial charge in [0.05, 0.1) is 16.5 Å². The van der Waals surface area contributed by atoms with E-state index in [1.807, 2.05) is 30.3 Å². The van der Waals surface area contributed by atoms with E-state index in [0.717, 1.165) is 5.56 Å². The molecule has 0 unspecified atom stereocenters. The van der Waals surface area contributed by atoms with Gasteiger partial charge in [-0.1, -0.05) is 41.9 Å². The van der Waals surface area contributed by atoms with Gasteiger partial charge < -0.3 is 14.5 Å². The van der Waals surface area contributed by atoms with Crippen LogP contribution in [0.4, 0.5) is 0 Å². The standard InChI is InChI=1S/C21H18ClNO6S/c22-17-8-16-15(13-4-2-1-3-5-13)9-21(25)29-18(16)10-19(17)28-11-20(24)23-14-6-7-30(26,27)12-14/h1-5,8-10,14H,6-7,11-12H2,(H,23,24)/t14-/m0/s1. The van der Waals surface area contributed by atoms with Crippen molar-refractivity contribution in [3.63, 3.8) is 0 Å². The van der Waals surface area contributed by atoms with Crippen molar-refractivity contribution in [3.8, 4) is 16.9 Å². The lowest BCUT2D eigenvalue weighted by molar-refractivity contribution is -0.123. The summed E-state index contributed by atoms with van der Waals surface area (Å²) in [5, 5.41) is 3.53. The smallest absolute Gasteiger partial charge is 0.336 e. The van der Waals surface area contributed by atoms with Crippen LogP contribution >= 0.6 is 11.6 Å². The van der Waals surface area contributed by atoms with Crippen molar-refractivity contribution in [2.24, 2.45) is 0 Å². The fourth-order valence-electron chi connectivity index (χ4n) is 3.45. The lowest BCUT2D eigenvalue weighted by Gasteiger charge is -2.13. The third kappa shape index (κ3) is 4.49. The summed E-state index contributed by atoms with van der Waals surface area (Å²) < 4.78 is 33.8. The third-order valence-corrected chi connectivity index (χ3v) is 6.90. The van der Waals surface area contributed by atoms with E-state index < -0.39 is 27.4 Å². The third-order valence-electron chi connectivity index (χ3n) is 4.84. The molecule has 3 aromatic rings. The van der Waals surface area contributed by atoms with Crippen molar-refractivity contribution in [1.29, 1.82) is 0 Å². The molecule has 1 aromatic heterocycles. The number of amides is 1. The highest BCUT2D eigenvalue weighted by Gasteiger charge is 2.29. The lowest BCUT2D eigenvalue weighted by atomic mass is 10.0. The molecule has 2 aromatic carbocycles. The first-order valence-electron chi connectivity index (χ1n) is 9.26. The van der Waals surface area contributed by atoms with Gasteiger partial charge in [0.2, 0.25) is 0 Å². The number of sulfone groups is 1. The van der Waals surface area contributed by atoms with Gasteiger partial charge >= 0.3 is 5.63 Å². The summed E-state index contributed by atoms with van der Waals surface area (Å²) in [5.74, 6) is -0.263. The molecule has 156 valence electrons. The van der Waals surface area contributed by atoms with Gasteiger partial charge in [0.1, 0.15) is 11.3 Å². The van der Waals surface area contributed by atoms with Crippen LogP contribution in [-0.4, -0.2) is 38.5 Å². The number of nitrogens with one attached hydrogen (secondary N) is 1. The average molecular weight is 448 g/mol. The predicted molar refractivity (Wildman–Crippen MR) is 114 cm³/mol. The van der Waals surface area contributed by atoms with Gasteiger partial charge in [-0.3, -0.25) is 4.79 Å². The molecule has 1 aliphatic rings. The maximum absolute atomic E-state index is 12.1. The van der Waals surface area contributed by atoms with E-state index in [1.165, 1.54) is 12.1 Å². The van der Waals surface area contributed by atoms with E-state index in [9.17, 15) is 18.0 Å². The summed E-state index contributed by atoms with van der Waals surface area (Å²) in [4.78, 5) is 24.1. The number of benzene rings is 2. The van der Waals surface area contributed by atoms with Crippen LogP contribution in [0.1, 0.15) is 6.42 Å². The zero-order valence-corrected chi connectivity index (χ0v) is 17.3. The molecule has 1 fully saturated rings. The molecule has 1 atom stereocenters.